The Labute approximate surface area is 108 Å². The number of nitrogens with one attached hydrogen (secondary N) is 1. The highest BCUT2D eigenvalue weighted by Crippen LogP contribution is 2.28. The van der Waals surface area contributed by atoms with Gasteiger partial charge in [-0.3, -0.25) is 0 Å². The Morgan fingerprint density at radius 3 is 2.94 bits per heavy atom. The summed E-state index contributed by atoms with van der Waals surface area (Å²) in [5.74, 6) is 0.445. The topological polar surface area (TPSA) is 61.6 Å². The van der Waals surface area contributed by atoms with Crippen LogP contribution >= 0.6 is 22.9 Å². The van der Waals surface area contributed by atoms with Gasteiger partial charge in [0.1, 0.15) is 11.8 Å². The van der Waals surface area contributed by atoms with Crippen LogP contribution in [-0.4, -0.2) is 9.97 Å². The van der Waals surface area contributed by atoms with Crippen molar-refractivity contribution in [3.05, 3.63) is 39.3 Å². The molecule has 0 saturated heterocycles. The van der Waals surface area contributed by atoms with Gasteiger partial charge in [0.15, 0.2) is 0 Å². The van der Waals surface area contributed by atoms with E-state index < -0.39 is 0 Å². The third-order valence-corrected chi connectivity index (χ3v) is 3.55. The molecule has 2 rings (SSSR count). The van der Waals surface area contributed by atoms with E-state index in [0.717, 1.165) is 9.21 Å². The van der Waals surface area contributed by atoms with Gasteiger partial charge >= 0.3 is 0 Å². The monoisotopic (exact) mass is 264 g/mol. The van der Waals surface area contributed by atoms with Crippen LogP contribution in [0.2, 0.25) is 4.34 Å². The largest absolute Gasteiger partial charge is 0.347 e. The Morgan fingerprint density at radius 1 is 1.47 bits per heavy atom. The van der Waals surface area contributed by atoms with E-state index in [1.54, 1.807) is 12.3 Å². The van der Waals surface area contributed by atoms with Gasteiger partial charge < -0.3 is 5.32 Å². The summed E-state index contributed by atoms with van der Waals surface area (Å²) in [6.07, 6.45) is 1.56. The van der Waals surface area contributed by atoms with Gasteiger partial charge in [0.05, 0.1) is 10.4 Å². The fraction of sp³-hybridized carbons (Fsp3) is 0.182. The number of anilines is 1. The molecule has 86 valence electrons. The first-order valence-corrected chi connectivity index (χ1v) is 6.13. The van der Waals surface area contributed by atoms with Gasteiger partial charge in [-0.1, -0.05) is 11.6 Å². The van der Waals surface area contributed by atoms with E-state index in [0.29, 0.717) is 11.6 Å². The van der Waals surface area contributed by atoms with E-state index in [-0.39, 0.29) is 6.04 Å². The summed E-state index contributed by atoms with van der Waals surface area (Å²) in [7, 11) is 0. The first-order valence-electron chi connectivity index (χ1n) is 4.94. The number of thiophene rings is 1. The molecule has 0 aliphatic rings. The molecule has 0 amide bonds. The van der Waals surface area contributed by atoms with Gasteiger partial charge in [0.25, 0.3) is 0 Å². The van der Waals surface area contributed by atoms with E-state index >= 15 is 0 Å². The second-order valence-electron chi connectivity index (χ2n) is 3.39. The highest BCUT2D eigenvalue weighted by atomic mass is 35.5. The maximum atomic E-state index is 8.73. The molecule has 6 heteroatoms. The van der Waals surface area contributed by atoms with Gasteiger partial charge in [0.2, 0.25) is 5.95 Å². The van der Waals surface area contributed by atoms with E-state index in [4.69, 9.17) is 16.9 Å². The smallest absolute Gasteiger partial charge is 0.224 e. The van der Waals surface area contributed by atoms with Crippen molar-refractivity contribution in [2.45, 2.75) is 13.0 Å². The van der Waals surface area contributed by atoms with Crippen LogP contribution in [0.25, 0.3) is 0 Å². The van der Waals surface area contributed by atoms with Crippen LogP contribution in [0.3, 0.4) is 0 Å². The zero-order chi connectivity index (χ0) is 12.3. The molecule has 0 bridgehead atoms. The quantitative estimate of drug-likeness (QED) is 0.924. The van der Waals surface area contributed by atoms with E-state index in [9.17, 15) is 0 Å². The first kappa shape index (κ1) is 11.8. The fourth-order valence-electron chi connectivity index (χ4n) is 1.32. The third-order valence-electron chi connectivity index (χ3n) is 2.14. The van der Waals surface area contributed by atoms with Crippen molar-refractivity contribution in [2.75, 3.05) is 5.32 Å². The van der Waals surface area contributed by atoms with Crippen molar-refractivity contribution in [1.29, 1.82) is 5.26 Å². The van der Waals surface area contributed by atoms with Crippen LogP contribution in [0.5, 0.6) is 0 Å². The number of hydrogen-bond donors (Lipinski definition) is 1. The number of aromatic nitrogens is 2. The molecule has 0 radical (unpaired) electrons. The zero-order valence-electron chi connectivity index (χ0n) is 9.01. The lowest BCUT2D eigenvalue weighted by Crippen LogP contribution is -2.08. The molecule has 0 aliphatic heterocycles. The lowest BCUT2D eigenvalue weighted by molar-refractivity contribution is 0.878. The van der Waals surface area contributed by atoms with Crippen molar-refractivity contribution >= 4 is 28.9 Å². The molecule has 2 aromatic rings. The molecule has 0 aliphatic carbocycles. The lowest BCUT2D eigenvalue weighted by Gasteiger charge is -2.11. The predicted octanol–water partition coefficient (Wildman–Crippen LogP) is 3.24. The molecule has 2 heterocycles. The zero-order valence-corrected chi connectivity index (χ0v) is 10.6. The lowest BCUT2D eigenvalue weighted by atomic mass is 10.3. The standard InChI is InChI=1S/C11H9ClN4S/c1-7(9-2-3-10(12)17-9)15-11-14-5-4-8(6-13)16-11/h2-5,7H,1H3,(H,14,15,16). The third kappa shape index (κ3) is 2.93. The summed E-state index contributed by atoms with van der Waals surface area (Å²) < 4.78 is 0.750. The van der Waals surface area contributed by atoms with Crippen LogP contribution < -0.4 is 5.32 Å². The van der Waals surface area contributed by atoms with E-state index in [1.807, 2.05) is 25.1 Å². The Kier molecular flexibility index (Phi) is 3.57. The summed E-state index contributed by atoms with van der Waals surface area (Å²) in [4.78, 5) is 9.21. The average Bonchev–Trinajstić information content (AvgIpc) is 2.76. The first-order chi connectivity index (χ1) is 8.19. The molecule has 0 saturated carbocycles. The molecule has 0 fully saturated rings. The van der Waals surface area contributed by atoms with Crippen LogP contribution in [0.15, 0.2) is 24.4 Å². The van der Waals surface area contributed by atoms with Gasteiger partial charge in [-0.2, -0.15) is 5.26 Å². The Morgan fingerprint density at radius 2 is 2.29 bits per heavy atom. The second-order valence-corrected chi connectivity index (χ2v) is 5.13. The summed E-state index contributed by atoms with van der Waals surface area (Å²) in [6, 6.07) is 7.41. The minimum Gasteiger partial charge on any atom is -0.347 e. The molecule has 0 spiro atoms. The van der Waals surface area contributed by atoms with Crippen LogP contribution in [0, 0.1) is 11.3 Å². The second kappa shape index (κ2) is 5.13. The number of hydrogen-bond acceptors (Lipinski definition) is 5. The minimum absolute atomic E-state index is 0.0569. The number of halogens is 1. The summed E-state index contributed by atoms with van der Waals surface area (Å²) >= 11 is 7.38. The van der Waals surface area contributed by atoms with Crippen molar-refractivity contribution in [3.63, 3.8) is 0 Å². The SMILES string of the molecule is CC(Nc1nccc(C#N)n1)c1ccc(Cl)s1. The van der Waals surface area contributed by atoms with Crippen LogP contribution in [0.4, 0.5) is 5.95 Å². The highest BCUT2D eigenvalue weighted by molar-refractivity contribution is 7.16. The average molecular weight is 265 g/mol. The Hall–Kier alpha value is -1.64. The summed E-state index contributed by atoms with van der Waals surface area (Å²) in [6.45, 7) is 1.99. The maximum Gasteiger partial charge on any atom is 0.224 e. The summed E-state index contributed by atoms with van der Waals surface area (Å²) in [5.41, 5.74) is 0.346. The molecule has 1 N–H and O–H groups in total. The van der Waals surface area contributed by atoms with Crippen molar-refractivity contribution in [2.24, 2.45) is 0 Å². The minimum atomic E-state index is 0.0569. The Balaban J connectivity index is 2.13. The molecule has 2 aromatic heterocycles. The van der Waals surface area contributed by atoms with Gasteiger partial charge in [0, 0.05) is 11.1 Å². The van der Waals surface area contributed by atoms with Gasteiger partial charge in [-0.15, -0.1) is 11.3 Å². The number of nitrogens with zero attached hydrogens (tertiary/aromatic N) is 3. The Bertz CT molecular complexity index is 561. The molecule has 4 nitrogen and oxygen atoms in total. The van der Waals surface area contributed by atoms with Crippen molar-refractivity contribution < 1.29 is 0 Å². The molecule has 1 unspecified atom stereocenters. The van der Waals surface area contributed by atoms with Crippen LogP contribution in [0.1, 0.15) is 23.5 Å². The number of nitriles is 1. The summed E-state index contributed by atoms with van der Waals surface area (Å²) in [5, 5.41) is 11.9. The van der Waals surface area contributed by atoms with Crippen LogP contribution in [-0.2, 0) is 0 Å². The van der Waals surface area contributed by atoms with Crippen molar-refractivity contribution in [1.82, 2.24) is 9.97 Å². The predicted molar refractivity (Wildman–Crippen MR) is 68.1 cm³/mol. The fourth-order valence-corrected chi connectivity index (χ4v) is 2.38. The maximum absolute atomic E-state index is 8.73. The normalized spacial score (nSPS) is 11.8. The molecule has 1 atom stereocenters. The molecular weight excluding hydrogens is 256 g/mol. The molecule has 0 aromatic carbocycles. The van der Waals surface area contributed by atoms with Crippen molar-refractivity contribution in [3.8, 4) is 6.07 Å². The molecule has 17 heavy (non-hydrogen) atoms. The highest BCUT2D eigenvalue weighted by Gasteiger charge is 2.09. The number of rotatable bonds is 3. The van der Waals surface area contributed by atoms with Gasteiger partial charge in [-0.05, 0) is 25.1 Å². The van der Waals surface area contributed by atoms with E-state index in [1.165, 1.54) is 11.3 Å². The van der Waals surface area contributed by atoms with Gasteiger partial charge in [-0.25, -0.2) is 9.97 Å². The van der Waals surface area contributed by atoms with E-state index in [2.05, 4.69) is 15.3 Å². The molecular formula is C11H9ClN4S.